The van der Waals surface area contributed by atoms with Crippen molar-refractivity contribution in [1.82, 2.24) is 0 Å². The van der Waals surface area contributed by atoms with E-state index in [1.54, 1.807) is 0 Å². The van der Waals surface area contributed by atoms with E-state index in [4.69, 9.17) is 21.1 Å². The van der Waals surface area contributed by atoms with Crippen LogP contribution in [0.15, 0.2) is 21.4 Å². The van der Waals surface area contributed by atoms with Crippen LogP contribution in [0.3, 0.4) is 0 Å². The molecule has 0 aromatic heterocycles. The van der Waals surface area contributed by atoms with Gasteiger partial charge >= 0.3 is 0 Å². The lowest BCUT2D eigenvalue weighted by atomic mass is 10.2. The molecular weight excluding hydrogens is 254 g/mol. The van der Waals surface area contributed by atoms with E-state index < -0.39 is 10.0 Å². The Balaban J connectivity index is 2.80. The van der Waals surface area contributed by atoms with Crippen molar-refractivity contribution in [3.05, 3.63) is 17.7 Å². The Kier molecular flexibility index (Phi) is 2.55. The third kappa shape index (κ3) is 1.54. The summed E-state index contributed by atoms with van der Waals surface area (Å²) in [5, 5.41) is -0.0767. The van der Waals surface area contributed by atoms with Crippen molar-refractivity contribution in [3.63, 3.8) is 0 Å². The van der Waals surface area contributed by atoms with Gasteiger partial charge in [0, 0.05) is 11.6 Å². The van der Waals surface area contributed by atoms with Crippen LogP contribution in [0, 0.1) is 0 Å². The van der Waals surface area contributed by atoms with E-state index in [9.17, 15) is 8.42 Å². The van der Waals surface area contributed by atoms with Gasteiger partial charge in [0.05, 0.1) is 14.2 Å². The second-order valence-corrected chi connectivity index (χ2v) is 4.96. The quantitative estimate of drug-likeness (QED) is 0.807. The average molecular weight is 262 g/mol. The molecule has 16 heavy (non-hydrogen) atoms. The van der Waals surface area contributed by atoms with Crippen LogP contribution >= 0.6 is 11.6 Å². The van der Waals surface area contributed by atoms with E-state index in [1.165, 1.54) is 26.4 Å². The van der Waals surface area contributed by atoms with Gasteiger partial charge in [-0.3, -0.25) is 0 Å². The molecule has 1 aliphatic heterocycles. The van der Waals surface area contributed by atoms with Crippen LogP contribution < -0.4 is 9.47 Å². The van der Waals surface area contributed by atoms with Gasteiger partial charge in [0.25, 0.3) is 10.0 Å². The zero-order valence-corrected chi connectivity index (χ0v) is 10.1. The Morgan fingerprint density at radius 2 is 1.94 bits per heavy atom. The second kappa shape index (κ2) is 3.64. The van der Waals surface area contributed by atoms with Crippen molar-refractivity contribution in [2.75, 3.05) is 14.2 Å². The van der Waals surface area contributed by atoms with Gasteiger partial charge in [-0.2, -0.15) is 8.42 Å². The Hall–Kier alpha value is -1.27. The van der Waals surface area contributed by atoms with Gasteiger partial charge in [0.1, 0.15) is 16.4 Å². The van der Waals surface area contributed by atoms with Gasteiger partial charge in [-0.15, -0.1) is 4.40 Å². The normalized spacial score (nSPS) is 16.6. The summed E-state index contributed by atoms with van der Waals surface area (Å²) >= 11 is 5.74. The second-order valence-electron chi connectivity index (χ2n) is 3.06. The number of sulfonamides is 1. The maximum absolute atomic E-state index is 11.7. The molecule has 0 N–H and O–H groups in total. The van der Waals surface area contributed by atoms with E-state index in [1.807, 2.05) is 0 Å². The predicted molar refractivity (Wildman–Crippen MR) is 59.1 cm³/mol. The van der Waals surface area contributed by atoms with Crippen molar-refractivity contribution in [2.45, 2.75) is 4.90 Å². The molecule has 7 heteroatoms. The third-order valence-electron chi connectivity index (χ3n) is 2.16. The topological polar surface area (TPSA) is 65.0 Å². The maximum atomic E-state index is 11.7. The number of hydrogen-bond acceptors (Lipinski definition) is 4. The summed E-state index contributed by atoms with van der Waals surface area (Å²) in [7, 11) is -0.907. The molecule has 1 aromatic carbocycles. The molecule has 0 bridgehead atoms. The highest BCUT2D eigenvalue weighted by molar-refractivity contribution is 7.91. The molecule has 0 aliphatic carbocycles. The van der Waals surface area contributed by atoms with Crippen LogP contribution in [-0.2, 0) is 10.0 Å². The maximum Gasteiger partial charge on any atom is 0.288 e. The first-order valence-electron chi connectivity index (χ1n) is 4.26. The van der Waals surface area contributed by atoms with Crippen LogP contribution in [0.5, 0.6) is 11.5 Å². The van der Waals surface area contributed by atoms with Crippen molar-refractivity contribution in [2.24, 2.45) is 4.40 Å². The van der Waals surface area contributed by atoms with E-state index >= 15 is 0 Å². The standard InChI is InChI=1S/C9H8ClNO4S/c1-14-5-3-6-8(7(4-5)15-2)16(12,13)11-9(6)10/h3-4H,1-2H3. The first kappa shape index (κ1) is 11.2. The Morgan fingerprint density at radius 1 is 1.25 bits per heavy atom. The highest BCUT2D eigenvalue weighted by Crippen LogP contribution is 2.38. The molecule has 0 saturated carbocycles. The van der Waals surface area contributed by atoms with Crippen LogP contribution in [0.2, 0.25) is 0 Å². The predicted octanol–water partition coefficient (Wildman–Crippen LogP) is 1.39. The molecule has 1 aromatic rings. The number of rotatable bonds is 2. The van der Waals surface area contributed by atoms with Gasteiger partial charge in [-0.05, 0) is 6.07 Å². The van der Waals surface area contributed by atoms with Gasteiger partial charge in [0.2, 0.25) is 0 Å². The summed E-state index contributed by atoms with van der Waals surface area (Å²) in [6, 6.07) is 2.98. The first-order chi connectivity index (χ1) is 7.49. The summed E-state index contributed by atoms with van der Waals surface area (Å²) in [5.74, 6) is 0.634. The SMILES string of the molecule is COc1cc(OC)c2c(c1)C(Cl)=NS2(=O)=O. The number of hydrogen-bond donors (Lipinski definition) is 0. The minimum Gasteiger partial charge on any atom is -0.497 e. The molecule has 0 fully saturated rings. The first-order valence-corrected chi connectivity index (χ1v) is 6.08. The summed E-state index contributed by atoms with van der Waals surface area (Å²) in [4.78, 5) is -0.0131. The number of halogens is 1. The Labute approximate surface area is 97.7 Å². The lowest BCUT2D eigenvalue weighted by Crippen LogP contribution is -1.99. The van der Waals surface area contributed by atoms with Crippen molar-refractivity contribution < 1.29 is 17.9 Å². The molecular formula is C9H8ClNO4S. The Bertz CT molecular complexity index is 579. The summed E-state index contributed by atoms with van der Waals surface area (Å²) in [6.45, 7) is 0. The van der Waals surface area contributed by atoms with Crippen molar-refractivity contribution in [1.29, 1.82) is 0 Å². The van der Waals surface area contributed by atoms with Crippen LogP contribution in [-0.4, -0.2) is 27.8 Å². The van der Waals surface area contributed by atoms with E-state index in [-0.39, 0.29) is 15.8 Å². The minimum absolute atomic E-state index is 0.0131. The molecule has 0 amide bonds. The smallest absolute Gasteiger partial charge is 0.288 e. The summed E-state index contributed by atoms with van der Waals surface area (Å²) in [5.41, 5.74) is 0.304. The number of ether oxygens (including phenoxy) is 2. The number of methoxy groups -OCH3 is 2. The fourth-order valence-electron chi connectivity index (χ4n) is 1.47. The van der Waals surface area contributed by atoms with Gasteiger partial charge in [-0.1, -0.05) is 11.6 Å². The van der Waals surface area contributed by atoms with E-state index in [2.05, 4.69) is 4.40 Å². The van der Waals surface area contributed by atoms with Crippen LogP contribution in [0.25, 0.3) is 0 Å². The lowest BCUT2D eigenvalue weighted by molar-refractivity contribution is 0.386. The highest BCUT2D eigenvalue weighted by Gasteiger charge is 2.32. The minimum atomic E-state index is -3.75. The molecule has 0 spiro atoms. The van der Waals surface area contributed by atoms with Crippen molar-refractivity contribution in [3.8, 4) is 11.5 Å². The molecule has 0 radical (unpaired) electrons. The molecule has 0 unspecified atom stereocenters. The van der Waals surface area contributed by atoms with Gasteiger partial charge in [0.15, 0.2) is 5.17 Å². The zero-order valence-electron chi connectivity index (χ0n) is 8.52. The largest absolute Gasteiger partial charge is 0.497 e. The zero-order chi connectivity index (χ0) is 11.9. The highest BCUT2D eigenvalue weighted by atomic mass is 35.5. The van der Waals surface area contributed by atoms with E-state index in [0.29, 0.717) is 11.3 Å². The lowest BCUT2D eigenvalue weighted by Gasteiger charge is -2.08. The molecule has 5 nitrogen and oxygen atoms in total. The van der Waals surface area contributed by atoms with Crippen LogP contribution in [0.4, 0.5) is 0 Å². The molecule has 0 saturated heterocycles. The molecule has 1 aliphatic rings. The molecule has 2 rings (SSSR count). The summed E-state index contributed by atoms with van der Waals surface area (Å²) in [6.07, 6.45) is 0. The molecule has 0 atom stereocenters. The number of fused-ring (bicyclic) bond motifs is 1. The third-order valence-corrected chi connectivity index (χ3v) is 3.91. The number of nitrogens with zero attached hydrogens (tertiary/aromatic N) is 1. The van der Waals surface area contributed by atoms with Crippen LogP contribution in [0.1, 0.15) is 5.56 Å². The molecule has 86 valence electrons. The Morgan fingerprint density at radius 3 is 2.50 bits per heavy atom. The van der Waals surface area contributed by atoms with Gasteiger partial charge in [-0.25, -0.2) is 0 Å². The van der Waals surface area contributed by atoms with Crippen molar-refractivity contribution >= 4 is 26.8 Å². The monoisotopic (exact) mass is 261 g/mol. The average Bonchev–Trinajstić information content (AvgIpc) is 2.48. The fourth-order valence-corrected chi connectivity index (χ4v) is 3.17. The van der Waals surface area contributed by atoms with Gasteiger partial charge < -0.3 is 9.47 Å². The molecule has 1 heterocycles. The van der Waals surface area contributed by atoms with E-state index in [0.717, 1.165) is 0 Å². The summed E-state index contributed by atoms with van der Waals surface area (Å²) < 4.78 is 36.7. The fraction of sp³-hybridized carbons (Fsp3) is 0.222. The number of benzene rings is 1.